The van der Waals surface area contributed by atoms with Crippen molar-refractivity contribution in [1.29, 1.82) is 0 Å². The number of carbonyl (C=O) groups excluding carboxylic acids is 2. The van der Waals surface area contributed by atoms with E-state index in [1.54, 1.807) is 39.2 Å². The van der Waals surface area contributed by atoms with Crippen molar-refractivity contribution in [3.8, 4) is 11.3 Å². The summed E-state index contributed by atoms with van der Waals surface area (Å²) in [5, 5.41) is 21.3. The molecule has 0 aliphatic carbocycles. The number of ether oxygens (including phenoxy) is 1. The number of aliphatic hydroxyl groups excluding tert-OH is 1. The summed E-state index contributed by atoms with van der Waals surface area (Å²) in [6, 6.07) is 9.65. The molecule has 2 saturated heterocycles. The maximum atomic E-state index is 15.7. The van der Waals surface area contributed by atoms with Crippen LogP contribution in [0.5, 0.6) is 0 Å². The van der Waals surface area contributed by atoms with Gasteiger partial charge in [-0.1, -0.05) is 44.2 Å². The number of aromatic nitrogens is 2. The SMILES string of the molecule is CC(C)(C)OC(=O)N1CC(F)[C@@H]2CN([C@@H](c3nc(-c4cc(F)ccc4F)cn3Cc3ccccc3)C(C)(C)CC(=O)O)C(=O)[C@@H](O)C21. The van der Waals surface area contributed by atoms with Gasteiger partial charge in [-0.15, -0.1) is 0 Å². The van der Waals surface area contributed by atoms with Crippen LogP contribution in [0.3, 0.4) is 0 Å². The number of aliphatic hydroxyl groups is 1. The normalized spacial score (nSPS) is 22.3. The number of likely N-dealkylation sites (tertiary alicyclic amines) is 2. The summed E-state index contributed by atoms with van der Waals surface area (Å²) >= 11 is 0. The Balaban J connectivity index is 1.63. The van der Waals surface area contributed by atoms with Gasteiger partial charge in [0, 0.05) is 36.2 Å². The first-order chi connectivity index (χ1) is 22.0. The number of imidazole rings is 1. The summed E-state index contributed by atoms with van der Waals surface area (Å²) in [7, 11) is 0. The zero-order valence-electron chi connectivity index (χ0n) is 26.9. The van der Waals surface area contributed by atoms with Gasteiger partial charge in [0.2, 0.25) is 0 Å². The van der Waals surface area contributed by atoms with Crippen molar-refractivity contribution in [3.05, 3.63) is 77.8 Å². The van der Waals surface area contributed by atoms with Crippen molar-refractivity contribution in [2.75, 3.05) is 13.1 Å². The Morgan fingerprint density at radius 1 is 1.06 bits per heavy atom. The van der Waals surface area contributed by atoms with Gasteiger partial charge in [0.1, 0.15) is 29.2 Å². The van der Waals surface area contributed by atoms with Gasteiger partial charge < -0.3 is 24.4 Å². The van der Waals surface area contributed by atoms with E-state index in [0.717, 1.165) is 28.7 Å². The number of carboxylic acids is 1. The van der Waals surface area contributed by atoms with E-state index in [4.69, 9.17) is 4.74 Å². The van der Waals surface area contributed by atoms with Crippen LogP contribution in [-0.4, -0.2) is 84.5 Å². The lowest BCUT2D eigenvalue weighted by atomic mass is 9.77. The highest BCUT2D eigenvalue weighted by atomic mass is 19.1. The number of carboxylic acid groups (broad SMARTS) is 1. The molecule has 2 aromatic carbocycles. The van der Waals surface area contributed by atoms with Crippen LogP contribution < -0.4 is 0 Å². The van der Waals surface area contributed by atoms with Gasteiger partial charge in [-0.25, -0.2) is 22.9 Å². The molecule has 0 saturated carbocycles. The van der Waals surface area contributed by atoms with E-state index >= 15 is 8.78 Å². The Kier molecular flexibility index (Phi) is 9.15. The minimum atomic E-state index is -1.86. The van der Waals surface area contributed by atoms with Crippen molar-refractivity contribution in [1.82, 2.24) is 19.4 Å². The molecular formula is C34H39F3N4O6. The Morgan fingerprint density at radius 2 is 1.74 bits per heavy atom. The highest BCUT2D eigenvalue weighted by molar-refractivity contribution is 5.84. The molecule has 2 amide bonds. The van der Waals surface area contributed by atoms with E-state index in [2.05, 4.69) is 4.98 Å². The highest BCUT2D eigenvalue weighted by Gasteiger charge is 2.58. The fourth-order valence-corrected chi connectivity index (χ4v) is 6.68. The number of amides is 2. The van der Waals surface area contributed by atoms with Crippen molar-refractivity contribution < 1.29 is 42.5 Å². The summed E-state index contributed by atoms with van der Waals surface area (Å²) < 4.78 is 52.1. The van der Waals surface area contributed by atoms with Crippen LogP contribution in [0, 0.1) is 23.0 Å². The molecule has 0 radical (unpaired) electrons. The first-order valence-corrected chi connectivity index (χ1v) is 15.4. The van der Waals surface area contributed by atoms with Gasteiger partial charge in [0.25, 0.3) is 5.91 Å². The first kappa shape index (κ1) is 34.0. The second-order valence-corrected chi connectivity index (χ2v) is 13.9. The molecule has 2 aliphatic rings. The Hall–Kier alpha value is -4.39. The van der Waals surface area contributed by atoms with Gasteiger partial charge in [0.15, 0.2) is 6.10 Å². The van der Waals surface area contributed by atoms with Crippen LogP contribution in [0.2, 0.25) is 0 Å². The van der Waals surface area contributed by atoms with E-state index in [0.29, 0.717) is 0 Å². The Labute approximate surface area is 270 Å². The molecule has 10 nitrogen and oxygen atoms in total. The third kappa shape index (κ3) is 6.99. The van der Waals surface area contributed by atoms with Crippen LogP contribution in [0.4, 0.5) is 18.0 Å². The topological polar surface area (TPSA) is 125 Å². The molecule has 2 unspecified atom stereocenters. The van der Waals surface area contributed by atoms with Gasteiger partial charge in [-0.05, 0) is 44.5 Å². The van der Waals surface area contributed by atoms with Gasteiger partial charge in [-0.3, -0.25) is 14.5 Å². The van der Waals surface area contributed by atoms with E-state index < -0.39 is 83.9 Å². The summed E-state index contributed by atoms with van der Waals surface area (Å²) in [6.07, 6.45) is -3.33. The minimum absolute atomic E-state index is 0.0345. The number of aliphatic carboxylic acids is 1. The lowest BCUT2D eigenvalue weighted by Crippen LogP contribution is -2.62. The molecule has 2 N–H and O–H groups in total. The van der Waals surface area contributed by atoms with E-state index in [1.165, 1.54) is 11.1 Å². The smallest absolute Gasteiger partial charge is 0.410 e. The van der Waals surface area contributed by atoms with E-state index in [1.807, 2.05) is 30.3 Å². The van der Waals surface area contributed by atoms with Crippen LogP contribution >= 0.6 is 0 Å². The average molecular weight is 657 g/mol. The summed E-state index contributed by atoms with van der Waals surface area (Å²) in [5.74, 6) is -4.38. The number of benzene rings is 2. The number of nitrogens with zero attached hydrogens (tertiary/aromatic N) is 4. The lowest BCUT2D eigenvalue weighted by Gasteiger charge is -2.47. The zero-order chi connectivity index (χ0) is 34.4. The predicted molar refractivity (Wildman–Crippen MR) is 165 cm³/mol. The number of fused-ring (bicyclic) bond motifs is 1. The molecule has 2 aliphatic heterocycles. The number of piperidine rings is 1. The number of carbonyl (C=O) groups is 3. The van der Waals surface area contributed by atoms with E-state index in [-0.39, 0.29) is 30.2 Å². The summed E-state index contributed by atoms with van der Waals surface area (Å²) in [6.45, 7) is 7.62. The molecule has 252 valence electrons. The molecular weight excluding hydrogens is 617 g/mol. The minimum Gasteiger partial charge on any atom is -0.481 e. The third-order valence-corrected chi connectivity index (χ3v) is 8.64. The average Bonchev–Trinajstić information content (AvgIpc) is 3.52. The number of halogens is 3. The molecule has 3 aromatic rings. The van der Waals surface area contributed by atoms with Crippen molar-refractivity contribution in [2.24, 2.45) is 11.3 Å². The number of rotatable bonds is 8. The van der Waals surface area contributed by atoms with Gasteiger partial charge >= 0.3 is 12.1 Å². The quantitative estimate of drug-likeness (QED) is 0.342. The molecule has 5 atom stereocenters. The fraction of sp³-hybridized carbons (Fsp3) is 0.471. The Morgan fingerprint density at radius 3 is 2.38 bits per heavy atom. The number of hydrogen-bond acceptors (Lipinski definition) is 6. The standard InChI is InChI=1S/C34H39F3N4O6/c1-33(2,3)47-32(46)40-17-24(37)22-16-41(31(45)28(44)27(22)40)29(34(4,5)14-26(42)43)30-38-25(21-13-20(35)11-12-23(21)36)18-39(30)15-19-9-7-6-8-10-19/h6-13,18,22,24,27-29,44H,14-17H2,1-5H3,(H,42,43)/t22-,24?,27?,28-,29-/m0/s1. The largest absolute Gasteiger partial charge is 0.481 e. The molecule has 0 spiro atoms. The van der Waals surface area contributed by atoms with Crippen molar-refractivity contribution >= 4 is 18.0 Å². The molecule has 13 heteroatoms. The molecule has 47 heavy (non-hydrogen) atoms. The number of hydrogen-bond donors (Lipinski definition) is 2. The second-order valence-electron chi connectivity index (χ2n) is 13.9. The molecule has 0 bridgehead atoms. The maximum Gasteiger partial charge on any atom is 0.410 e. The van der Waals surface area contributed by atoms with Gasteiger partial charge in [0.05, 0.1) is 30.7 Å². The van der Waals surface area contributed by atoms with Crippen LogP contribution in [0.15, 0.2) is 54.7 Å². The predicted octanol–water partition coefficient (Wildman–Crippen LogP) is 5.20. The molecule has 2 fully saturated rings. The second kappa shape index (κ2) is 12.7. The van der Waals surface area contributed by atoms with Gasteiger partial charge in [-0.2, -0.15) is 0 Å². The zero-order valence-corrected chi connectivity index (χ0v) is 26.9. The summed E-state index contributed by atoms with van der Waals surface area (Å²) in [5.41, 5.74) is -1.50. The Bertz CT molecular complexity index is 1660. The monoisotopic (exact) mass is 656 g/mol. The van der Waals surface area contributed by atoms with Crippen LogP contribution in [0.1, 0.15) is 58.5 Å². The fourth-order valence-electron chi connectivity index (χ4n) is 6.68. The van der Waals surface area contributed by atoms with E-state index in [9.17, 15) is 29.0 Å². The van der Waals surface area contributed by atoms with Crippen molar-refractivity contribution in [3.63, 3.8) is 0 Å². The third-order valence-electron chi connectivity index (χ3n) is 8.64. The molecule has 1 aromatic heterocycles. The number of alkyl halides is 1. The molecule has 5 rings (SSSR count). The highest BCUT2D eigenvalue weighted by Crippen LogP contribution is 2.46. The maximum absolute atomic E-state index is 15.7. The van der Waals surface area contributed by atoms with Crippen molar-refractivity contribution in [2.45, 2.75) is 77.5 Å². The lowest BCUT2D eigenvalue weighted by molar-refractivity contribution is -0.160. The summed E-state index contributed by atoms with van der Waals surface area (Å²) in [4.78, 5) is 46.2. The molecule has 3 heterocycles. The van der Waals surface area contributed by atoms with Crippen LogP contribution in [0.25, 0.3) is 11.3 Å². The van der Waals surface area contributed by atoms with Crippen LogP contribution in [-0.2, 0) is 20.9 Å². The first-order valence-electron chi connectivity index (χ1n) is 15.4.